The summed E-state index contributed by atoms with van der Waals surface area (Å²) in [6.45, 7) is -0.232. The largest absolute Gasteiger partial charge is 0.396 e. The van der Waals surface area contributed by atoms with Gasteiger partial charge in [0.25, 0.3) is 0 Å². The highest BCUT2D eigenvalue weighted by Gasteiger charge is 2.41. The summed E-state index contributed by atoms with van der Waals surface area (Å²) in [5, 5.41) is 40.6. The standard InChI is InChI=1S/C16H19ClN6O3/c17-14-11(23-22-9-4-2-1-3-5-9)15(21-16(18)20-14)19-10-6-8(7-24)12(25)13(10)26/h1-5,8,10,12-13,24-26H,6-7H2,(H3,18,19,20,21)/t8-,10-,12-,13+/m1/s1. The highest BCUT2D eigenvalue weighted by molar-refractivity contribution is 6.32. The molecule has 1 fully saturated rings. The van der Waals surface area contributed by atoms with Crippen LogP contribution in [0.4, 0.5) is 23.1 Å². The number of rotatable bonds is 5. The zero-order chi connectivity index (χ0) is 18.7. The second-order valence-corrected chi connectivity index (χ2v) is 6.37. The van der Waals surface area contributed by atoms with Gasteiger partial charge in [-0.15, -0.1) is 5.11 Å². The van der Waals surface area contributed by atoms with E-state index in [1.54, 1.807) is 12.1 Å². The van der Waals surface area contributed by atoms with Gasteiger partial charge in [0.15, 0.2) is 16.7 Å². The third-order valence-corrected chi connectivity index (χ3v) is 4.50. The van der Waals surface area contributed by atoms with Gasteiger partial charge in [0, 0.05) is 12.5 Å². The number of benzene rings is 1. The molecule has 4 atom stereocenters. The zero-order valence-corrected chi connectivity index (χ0v) is 14.5. The Hall–Kier alpha value is -2.33. The molecule has 0 spiro atoms. The number of azo groups is 1. The molecule has 2 aromatic rings. The van der Waals surface area contributed by atoms with Gasteiger partial charge < -0.3 is 26.4 Å². The monoisotopic (exact) mass is 378 g/mol. The minimum atomic E-state index is -1.08. The van der Waals surface area contributed by atoms with Crippen LogP contribution >= 0.6 is 11.6 Å². The maximum Gasteiger partial charge on any atom is 0.223 e. The SMILES string of the molecule is Nc1nc(Cl)c(N=Nc2ccccc2)c(N[C@@H]2C[C@H](CO)[C@@H](O)[C@H]2O)n1. The molecule has 6 N–H and O–H groups in total. The Kier molecular flexibility index (Phi) is 5.62. The van der Waals surface area contributed by atoms with E-state index >= 15 is 0 Å². The number of nitrogen functional groups attached to an aromatic ring is 1. The summed E-state index contributed by atoms with van der Waals surface area (Å²) < 4.78 is 0. The van der Waals surface area contributed by atoms with Crippen LogP contribution in [-0.4, -0.2) is 50.1 Å². The molecule has 1 aromatic heterocycles. The molecule has 138 valence electrons. The first-order valence-corrected chi connectivity index (χ1v) is 8.40. The molecule has 0 amide bonds. The highest BCUT2D eigenvalue weighted by atomic mass is 35.5. The van der Waals surface area contributed by atoms with Crippen LogP contribution in [0.5, 0.6) is 0 Å². The maximum absolute atomic E-state index is 10.2. The van der Waals surface area contributed by atoms with E-state index in [1.165, 1.54) is 0 Å². The molecule has 26 heavy (non-hydrogen) atoms. The van der Waals surface area contributed by atoms with Crippen molar-refractivity contribution in [3.8, 4) is 0 Å². The number of halogens is 1. The van der Waals surface area contributed by atoms with Gasteiger partial charge in [-0.05, 0) is 18.6 Å². The average molecular weight is 379 g/mol. The molecule has 1 saturated carbocycles. The van der Waals surface area contributed by atoms with E-state index < -0.39 is 24.2 Å². The minimum Gasteiger partial charge on any atom is -0.396 e. The molecule has 10 heteroatoms. The number of anilines is 2. The fraction of sp³-hybridized carbons (Fsp3) is 0.375. The number of aliphatic hydroxyl groups excluding tert-OH is 3. The van der Waals surface area contributed by atoms with Crippen LogP contribution in [0.15, 0.2) is 40.6 Å². The van der Waals surface area contributed by atoms with E-state index in [0.29, 0.717) is 12.1 Å². The molecule has 1 heterocycles. The second-order valence-electron chi connectivity index (χ2n) is 6.02. The lowest BCUT2D eigenvalue weighted by Gasteiger charge is -2.19. The Bertz CT molecular complexity index is 791. The van der Waals surface area contributed by atoms with Crippen molar-refractivity contribution >= 4 is 34.7 Å². The number of nitrogens with one attached hydrogen (secondary N) is 1. The first-order chi connectivity index (χ1) is 12.5. The molecular weight excluding hydrogens is 360 g/mol. The quantitative estimate of drug-likeness (QED) is 0.392. The Labute approximate surface area is 154 Å². The zero-order valence-electron chi connectivity index (χ0n) is 13.7. The van der Waals surface area contributed by atoms with Crippen LogP contribution in [0.3, 0.4) is 0 Å². The summed E-state index contributed by atoms with van der Waals surface area (Å²) in [7, 11) is 0. The summed E-state index contributed by atoms with van der Waals surface area (Å²) in [6, 6.07) is 8.48. The second kappa shape index (κ2) is 7.92. The number of aromatic nitrogens is 2. The fourth-order valence-corrected chi connectivity index (χ4v) is 3.07. The molecule has 1 aliphatic carbocycles. The first-order valence-electron chi connectivity index (χ1n) is 8.03. The summed E-state index contributed by atoms with van der Waals surface area (Å²) in [6.07, 6.45) is -1.78. The van der Waals surface area contributed by atoms with Gasteiger partial charge in [-0.1, -0.05) is 29.8 Å². The first kappa shape index (κ1) is 18.5. The molecule has 9 nitrogen and oxygen atoms in total. The van der Waals surface area contributed by atoms with Crippen molar-refractivity contribution in [2.45, 2.75) is 24.7 Å². The lowest BCUT2D eigenvalue weighted by molar-refractivity contribution is 0.00446. The molecule has 1 aromatic carbocycles. The third kappa shape index (κ3) is 3.91. The number of aliphatic hydroxyl groups is 3. The van der Waals surface area contributed by atoms with Gasteiger partial charge in [0.2, 0.25) is 5.95 Å². The summed E-state index contributed by atoms with van der Waals surface area (Å²) in [4.78, 5) is 7.95. The topological polar surface area (TPSA) is 149 Å². The lowest BCUT2D eigenvalue weighted by atomic mass is 10.1. The van der Waals surface area contributed by atoms with E-state index in [1.807, 2.05) is 18.2 Å². The Morgan fingerprint density at radius 1 is 1.15 bits per heavy atom. The van der Waals surface area contributed by atoms with Crippen molar-refractivity contribution < 1.29 is 15.3 Å². The average Bonchev–Trinajstić information content (AvgIpc) is 2.89. The van der Waals surface area contributed by atoms with Gasteiger partial charge in [0.05, 0.1) is 17.8 Å². The molecule has 1 aliphatic rings. The Morgan fingerprint density at radius 2 is 1.88 bits per heavy atom. The van der Waals surface area contributed by atoms with Crippen molar-refractivity contribution in [3.05, 3.63) is 35.5 Å². The number of nitrogens with zero attached hydrogens (tertiary/aromatic N) is 4. The van der Waals surface area contributed by atoms with E-state index in [9.17, 15) is 15.3 Å². The predicted molar refractivity (Wildman–Crippen MR) is 96.7 cm³/mol. The van der Waals surface area contributed by atoms with E-state index in [-0.39, 0.29) is 29.2 Å². The maximum atomic E-state index is 10.2. The van der Waals surface area contributed by atoms with Crippen LogP contribution < -0.4 is 11.1 Å². The van der Waals surface area contributed by atoms with Crippen molar-refractivity contribution in [1.29, 1.82) is 0 Å². The lowest BCUT2D eigenvalue weighted by Crippen LogP contribution is -2.35. The number of nitrogens with two attached hydrogens (primary N) is 1. The Balaban J connectivity index is 1.88. The normalized spacial score (nSPS) is 25.7. The van der Waals surface area contributed by atoms with Crippen LogP contribution in [0, 0.1) is 5.92 Å². The number of hydrogen-bond donors (Lipinski definition) is 5. The van der Waals surface area contributed by atoms with Crippen LogP contribution in [-0.2, 0) is 0 Å². The van der Waals surface area contributed by atoms with Crippen molar-refractivity contribution in [1.82, 2.24) is 9.97 Å². The van der Waals surface area contributed by atoms with Crippen LogP contribution in [0.2, 0.25) is 5.15 Å². The van der Waals surface area contributed by atoms with Gasteiger partial charge in [-0.3, -0.25) is 0 Å². The molecule has 0 saturated heterocycles. The molecule has 0 aliphatic heterocycles. The van der Waals surface area contributed by atoms with Gasteiger partial charge >= 0.3 is 0 Å². The van der Waals surface area contributed by atoms with Crippen molar-refractivity contribution in [2.24, 2.45) is 16.1 Å². The predicted octanol–water partition coefficient (Wildman–Crippen LogP) is 1.64. The van der Waals surface area contributed by atoms with Crippen LogP contribution in [0.25, 0.3) is 0 Å². The van der Waals surface area contributed by atoms with Crippen molar-refractivity contribution in [3.63, 3.8) is 0 Å². The molecule has 0 bridgehead atoms. The number of hydrogen-bond acceptors (Lipinski definition) is 9. The van der Waals surface area contributed by atoms with E-state index in [2.05, 4.69) is 25.5 Å². The van der Waals surface area contributed by atoms with Gasteiger partial charge in [-0.2, -0.15) is 15.1 Å². The molecule has 3 rings (SSSR count). The fourth-order valence-electron chi connectivity index (χ4n) is 2.86. The molecule has 0 radical (unpaired) electrons. The van der Waals surface area contributed by atoms with Crippen LogP contribution in [0.1, 0.15) is 6.42 Å². The van der Waals surface area contributed by atoms with E-state index in [4.69, 9.17) is 17.3 Å². The summed E-state index contributed by atoms with van der Waals surface area (Å²) in [5.41, 5.74) is 6.43. The third-order valence-electron chi connectivity index (χ3n) is 4.24. The highest BCUT2D eigenvalue weighted by Crippen LogP contribution is 2.36. The summed E-state index contributed by atoms with van der Waals surface area (Å²) in [5.74, 6) is -0.313. The minimum absolute atomic E-state index is 0.00595. The molecule has 0 unspecified atom stereocenters. The van der Waals surface area contributed by atoms with E-state index in [0.717, 1.165) is 0 Å². The van der Waals surface area contributed by atoms with Gasteiger partial charge in [0.1, 0.15) is 6.10 Å². The molecular formula is C16H19ClN6O3. The smallest absolute Gasteiger partial charge is 0.223 e. The van der Waals surface area contributed by atoms with Crippen molar-refractivity contribution in [2.75, 3.05) is 17.7 Å². The Morgan fingerprint density at radius 3 is 2.54 bits per heavy atom. The van der Waals surface area contributed by atoms with Gasteiger partial charge in [-0.25, -0.2) is 0 Å². The summed E-state index contributed by atoms with van der Waals surface area (Å²) >= 11 is 6.13.